The highest BCUT2D eigenvalue weighted by atomic mass is 16.1. The van der Waals surface area contributed by atoms with Crippen molar-refractivity contribution < 1.29 is 9.59 Å². The molecule has 0 aliphatic heterocycles. The summed E-state index contributed by atoms with van der Waals surface area (Å²) >= 11 is 0. The lowest BCUT2D eigenvalue weighted by atomic mass is 10.0. The van der Waals surface area contributed by atoms with E-state index in [-0.39, 0.29) is 5.91 Å². The molecule has 2 N–H and O–H groups in total. The fourth-order valence-electron chi connectivity index (χ4n) is 1.36. The first-order valence-electron chi connectivity index (χ1n) is 4.76. The van der Waals surface area contributed by atoms with E-state index in [9.17, 15) is 9.59 Å². The van der Waals surface area contributed by atoms with Crippen LogP contribution in [0.5, 0.6) is 0 Å². The highest BCUT2D eigenvalue weighted by Crippen LogP contribution is 2.08. The molecule has 0 unspecified atom stereocenters. The summed E-state index contributed by atoms with van der Waals surface area (Å²) in [7, 11) is 1.60. The molecule has 15 heavy (non-hydrogen) atoms. The quantitative estimate of drug-likeness (QED) is 0.539. The molecule has 4 heteroatoms. The number of carbonyl (C=O) groups is 2. The lowest BCUT2D eigenvalue weighted by Gasteiger charge is -2.07. The topological polar surface area (TPSA) is 58.2 Å². The summed E-state index contributed by atoms with van der Waals surface area (Å²) in [6, 6.07) is 7.36. The smallest absolute Gasteiger partial charge is 0.251 e. The minimum atomic E-state index is -0.100. The van der Waals surface area contributed by atoms with E-state index in [4.69, 9.17) is 0 Å². The second-order valence-electron chi connectivity index (χ2n) is 3.06. The molecule has 0 bridgehead atoms. The molecule has 1 aromatic rings. The van der Waals surface area contributed by atoms with Crippen LogP contribution in [0.25, 0.3) is 0 Å². The minimum Gasteiger partial charge on any atom is -0.358 e. The summed E-state index contributed by atoms with van der Waals surface area (Å²) in [6.07, 6.45) is 1.31. The molecule has 1 aromatic carbocycles. The van der Waals surface area contributed by atoms with Crippen molar-refractivity contribution in [2.45, 2.75) is 6.42 Å². The molecular formula is C11H14N2O2. The molecule has 0 fully saturated rings. The summed E-state index contributed by atoms with van der Waals surface area (Å²) < 4.78 is 0. The van der Waals surface area contributed by atoms with Crippen molar-refractivity contribution in [3.05, 3.63) is 35.4 Å². The molecule has 0 aliphatic carbocycles. The Morgan fingerprint density at radius 3 is 2.80 bits per heavy atom. The Hall–Kier alpha value is -1.84. The van der Waals surface area contributed by atoms with Crippen LogP contribution >= 0.6 is 0 Å². The Morgan fingerprint density at radius 1 is 1.40 bits per heavy atom. The molecule has 80 valence electrons. The van der Waals surface area contributed by atoms with E-state index in [0.717, 1.165) is 5.56 Å². The van der Waals surface area contributed by atoms with Crippen LogP contribution in [0.2, 0.25) is 0 Å². The molecular weight excluding hydrogens is 192 g/mol. The second-order valence-corrected chi connectivity index (χ2v) is 3.06. The van der Waals surface area contributed by atoms with E-state index in [1.165, 1.54) is 0 Å². The van der Waals surface area contributed by atoms with Crippen molar-refractivity contribution in [3.63, 3.8) is 0 Å². The summed E-state index contributed by atoms with van der Waals surface area (Å²) in [5, 5.41) is 5.15. The Labute approximate surface area is 88.7 Å². The number of nitrogens with one attached hydrogen (secondary N) is 2. The third-order valence-electron chi connectivity index (χ3n) is 2.11. The third-order valence-corrected chi connectivity index (χ3v) is 2.11. The molecule has 2 amide bonds. The molecule has 0 saturated carbocycles. The fourth-order valence-corrected chi connectivity index (χ4v) is 1.36. The van der Waals surface area contributed by atoms with Gasteiger partial charge in [-0.3, -0.25) is 9.59 Å². The highest BCUT2D eigenvalue weighted by Gasteiger charge is 2.07. The van der Waals surface area contributed by atoms with Crippen LogP contribution in [0.1, 0.15) is 15.9 Å². The van der Waals surface area contributed by atoms with Gasteiger partial charge in [0.15, 0.2) is 0 Å². The average Bonchev–Trinajstić information content (AvgIpc) is 2.29. The maximum Gasteiger partial charge on any atom is 0.251 e. The van der Waals surface area contributed by atoms with Crippen molar-refractivity contribution in [2.75, 3.05) is 13.6 Å². The summed E-state index contributed by atoms with van der Waals surface area (Å²) in [5.41, 5.74) is 1.60. The number of benzene rings is 1. The van der Waals surface area contributed by atoms with Crippen LogP contribution in [-0.2, 0) is 11.2 Å². The molecule has 0 aromatic heterocycles. The minimum absolute atomic E-state index is 0.100. The predicted molar refractivity (Wildman–Crippen MR) is 57.6 cm³/mol. The van der Waals surface area contributed by atoms with Crippen molar-refractivity contribution in [3.8, 4) is 0 Å². The van der Waals surface area contributed by atoms with Gasteiger partial charge in [0.1, 0.15) is 0 Å². The van der Waals surface area contributed by atoms with E-state index in [1.54, 1.807) is 13.1 Å². The largest absolute Gasteiger partial charge is 0.358 e. The summed E-state index contributed by atoms with van der Waals surface area (Å²) in [6.45, 7) is 0.539. The third kappa shape index (κ3) is 3.09. The molecule has 0 aliphatic rings. The van der Waals surface area contributed by atoms with Crippen LogP contribution in [0.4, 0.5) is 0 Å². The van der Waals surface area contributed by atoms with Crippen LogP contribution < -0.4 is 10.6 Å². The predicted octanol–water partition coefficient (Wildman–Crippen LogP) is 0.335. The van der Waals surface area contributed by atoms with Gasteiger partial charge in [-0.2, -0.15) is 0 Å². The number of hydrogen-bond donors (Lipinski definition) is 2. The SMILES string of the molecule is CNC(=O)c1ccccc1CCNC=O. The van der Waals surface area contributed by atoms with Crippen LogP contribution in [0.15, 0.2) is 24.3 Å². The first-order valence-corrected chi connectivity index (χ1v) is 4.76. The Morgan fingerprint density at radius 2 is 2.13 bits per heavy atom. The number of amides is 2. The van der Waals surface area contributed by atoms with Gasteiger partial charge < -0.3 is 10.6 Å². The van der Waals surface area contributed by atoms with Gasteiger partial charge in [-0.15, -0.1) is 0 Å². The number of rotatable bonds is 5. The molecule has 0 heterocycles. The molecule has 0 radical (unpaired) electrons. The normalized spacial score (nSPS) is 9.40. The standard InChI is InChI=1S/C11H14N2O2/c1-12-11(15)10-5-3-2-4-9(10)6-7-13-8-14/h2-5,8H,6-7H2,1H3,(H,12,15)(H,13,14). The van der Waals surface area contributed by atoms with E-state index in [1.807, 2.05) is 18.2 Å². The first-order chi connectivity index (χ1) is 7.29. The van der Waals surface area contributed by atoms with Gasteiger partial charge >= 0.3 is 0 Å². The van der Waals surface area contributed by atoms with Crippen molar-refractivity contribution in [1.82, 2.24) is 10.6 Å². The summed E-state index contributed by atoms with van der Waals surface area (Å²) in [5.74, 6) is -0.100. The van der Waals surface area contributed by atoms with Crippen LogP contribution in [0, 0.1) is 0 Å². The number of carbonyl (C=O) groups excluding carboxylic acids is 2. The van der Waals surface area contributed by atoms with Gasteiger partial charge in [0.2, 0.25) is 6.41 Å². The zero-order valence-electron chi connectivity index (χ0n) is 8.62. The van der Waals surface area contributed by atoms with Gasteiger partial charge in [-0.1, -0.05) is 18.2 Å². The molecule has 0 saturated heterocycles. The lowest BCUT2D eigenvalue weighted by Crippen LogP contribution is -2.21. The van der Waals surface area contributed by atoms with Gasteiger partial charge in [0.05, 0.1) is 0 Å². The number of hydrogen-bond acceptors (Lipinski definition) is 2. The van der Waals surface area contributed by atoms with E-state index in [2.05, 4.69) is 10.6 Å². The second kappa shape index (κ2) is 5.80. The van der Waals surface area contributed by atoms with Gasteiger partial charge in [0.25, 0.3) is 5.91 Å². The van der Waals surface area contributed by atoms with Gasteiger partial charge in [0, 0.05) is 19.2 Å². The van der Waals surface area contributed by atoms with Gasteiger partial charge in [-0.05, 0) is 18.1 Å². The van der Waals surface area contributed by atoms with Crippen LogP contribution in [-0.4, -0.2) is 25.9 Å². The Kier molecular flexibility index (Phi) is 4.34. The zero-order chi connectivity index (χ0) is 11.1. The average molecular weight is 206 g/mol. The van der Waals surface area contributed by atoms with Crippen molar-refractivity contribution in [2.24, 2.45) is 0 Å². The van der Waals surface area contributed by atoms with Crippen molar-refractivity contribution >= 4 is 12.3 Å². The van der Waals surface area contributed by atoms with Crippen LogP contribution in [0.3, 0.4) is 0 Å². The molecule has 1 rings (SSSR count). The van der Waals surface area contributed by atoms with E-state index >= 15 is 0 Å². The summed E-state index contributed by atoms with van der Waals surface area (Å²) in [4.78, 5) is 21.5. The van der Waals surface area contributed by atoms with Crippen molar-refractivity contribution in [1.29, 1.82) is 0 Å². The molecule has 0 atom stereocenters. The maximum atomic E-state index is 11.5. The lowest BCUT2D eigenvalue weighted by molar-refractivity contribution is -0.109. The Bertz CT molecular complexity index is 350. The van der Waals surface area contributed by atoms with E-state index < -0.39 is 0 Å². The molecule has 0 spiro atoms. The van der Waals surface area contributed by atoms with E-state index in [0.29, 0.717) is 24.9 Å². The Balaban J connectivity index is 2.76. The first kappa shape index (κ1) is 11.2. The highest BCUT2D eigenvalue weighted by molar-refractivity contribution is 5.95. The monoisotopic (exact) mass is 206 g/mol. The zero-order valence-corrected chi connectivity index (χ0v) is 8.62. The fraction of sp³-hybridized carbons (Fsp3) is 0.273. The maximum absolute atomic E-state index is 11.5. The molecule has 4 nitrogen and oxygen atoms in total. The van der Waals surface area contributed by atoms with Gasteiger partial charge in [-0.25, -0.2) is 0 Å².